The van der Waals surface area contributed by atoms with E-state index in [1.165, 1.54) is 43.3 Å². The molecule has 36 heavy (non-hydrogen) atoms. The van der Waals surface area contributed by atoms with Crippen molar-refractivity contribution < 1.29 is 24.7 Å². The van der Waals surface area contributed by atoms with Gasteiger partial charge < -0.3 is 19.8 Å². The molecule has 0 radical (unpaired) electrons. The number of phenolic OH excluding ortho intramolecular Hbond substituents is 2. The third kappa shape index (κ3) is 7.06. The van der Waals surface area contributed by atoms with Crippen LogP contribution in [0.1, 0.15) is 13.8 Å². The predicted molar refractivity (Wildman–Crippen MR) is 132 cm³/mol. The van der Waals surface area contributed by atoms with Crippen LogP contribution in [0.15, 0.2) is 81.1 Å². The highest BCUT2D eigenvalue weighted by molar-refractivity contribution is 5.66. The van der Waals surface area contributed by atoms with Gasteiger partial charge in [0, 0.05) is 43.4 Å². The fraction of sp³-hybridized carbons (Fsp3) is 0.208. The molecule has 3 rings (SSSR count). The maximum Gasteiger partial charge on any atom is 0.302 e. The number of carbonyl (C=O) groups excluding carboxylic acids is 1. The largest absolute Gasteiger partial charge is 0.506 e. The van der Waals surface area contributed by atoms with Crippen LogP contribution in [0.5, 0.6) is 11.5 Å². The topological polar surface area (TPSA) is 163 Å². The van der Waals surface area contributed by atoms with Crippen molar-refractivity contribution in [3.63, 3.8) is 0 Å². The van der Waals surface area contributed by atoms with Crippen molar-refractivity contribution in [2.75, 3.05) is 24.6 Å². The molecule has 0 aliphatic rings. The Labute approximate surface area is 206 Å². The molecule has 186 valence electrons. The van der Waals surface area contributed by atoms with Gasteiger partial charge in [-0.05, 0) is 43.3 Å². The average molecular weight is 492 g/mol. The number of anilines is 1. The van der Waals surface area contributed by atoms with Crippen LogP contribution < -0.4 is 4.90 Å². The molecule has 0 aliphatic heterocycles. The molecule has 0 saturated carbocycles. The first-order chi connectivity index (χ1) is 17.3. The second kappa shape index (κ2) is 12.0. The summed E-state index contributed by atoms with van der Waals surface area (Å²) in [5.41, 5.74) is 1.72. The highest BCUT2D eigenvalue weighted by Gasteiger charge is 2.10. The van der Waals surface area contributed by atoms with E-state index in [-0.39, 0.29) is 41.1 Å². The molecule has 12 nitrogen and oxygen atoms in total. The summed E-state index contributed by atoms with van der Waals surface area (Å²) in [6.07, 6.45) is 0. The van der Waals surface area contributed by atoms with E-state index in [0.29, 0.717) is 17.9 Å². The molecule has 3 aromatic rings. The molecule has 0 spiro atoms. The number of benzene rings is 3. The van der Waals surface area contributed by atoms with Crippen molar-refractivity contribution in [1.29, 1.82) is 0 Å². The van der Waals surface area contributed by atoms with Crippen molar-refractivity contribution >= 4 is 40.1 Å². The molecule has 0 aliphatic carbocycles. The number of ether oxygens (including phenoxy) is 1. The molecule has 3 aromatic carbocycles. The summed E-state index contributed by atoms with van der Waals surface area (Å²) in [5.74, 6) is -0.876. The van der Waals surface area contributed by atoms with Gasteiger partial charge in [0.1, 0.15) is 29.5 Å². The Bertz CT molecular complexity index is 1280. The maximum atomic E-state index is 10.9. The number of likely N-dealkylation sites (N-methyl/N-ethyl adjacent to an activating group) is 1. The van der Waals surface area contributed by atoms with Crippen LogP contribution in [-0.4, -0.2) is 40.8 Å². The number of hydrogen-bond acceptors (Lipinski definition) is 11. The Balaban J connectivity index is 1.68. The van der Waals surface area contributed by atoms with Gasteiger partial charge in [-0.2, -0.15) is 10.2 Å². The molecule has 0 bridgehead atoms. The van der Waals surface area contributed by atoms with E-state index in [9.17, 15) is 25.1 Å². The van der Waals surface area contributed by atoms with Crippen molar-refractivity contribution in [1.82, 2.24) is 0 Å². The van der Waals surface area contributed by atoms with Gasteiger partial charge in [-0.1, -0.05) is 0 Å². The molecular weight excluding hydrogens is 468 g/mol. The van der Waals surface area contributed by atoms with Gasteiger partial charge in [-0.25, -0.2) is 0 Å². The minimum Gasteiger partial charge on any atom is -0.506 e. The zero-order valence-electron chi connectivity index (χ0n) is 19.6. The van der Waals surface area contributed by atoms with E-state index in [0.717, 1.165) is 12.2 Å². The quantitative estimate of drug-likeness (QED) is 0.111. The number of nitrogens with zero attached hydrogens (tertiary/aromatic N) is 6. The molecular formula is C24H24N6O6. The Morgan fingerprint density at radius 1 is 0.917 bits per heavy atom. The Kier molecular flexibility index (Phi) is 8.59. The standard InChI is InChI=1S/C24H24N6O6/c1-3-29(12-13-36-16(2)31)19-8-4-17(5-9-19)25-27-21-14-24(33)22(15-23(21)32)28-26-18-6-10-20(11-7-18)30(34)35/h4-11,14-15,32-33H,3,12-13H2,1-2H3/b27-25+,28-26+. The Morgan fingerprint density at radius 2 is 1.42 bits per heavy atom. The SMILES string of the molecule is CCN(CCOC(C)=O)c1ccc(/N=N/c2cc(O)c(/N=N/c3ccc([N+](=O)[O-])cc3)cc2O)cc1. The molecule has 0 unspecified atom stereocenters. The van der Waals surface area contributed by atoms with Crippen LogP contribution in [0.25, 0.3) is 0 Å². The van der Waals surface area contributed by atoms with Crippen LogP contribution in [0.3, 0.4) is 0 Å². The highest BCUT2D eigenvalue weighted by atomic mass is 16.6. The number of aromatic hydroxyl groups is 2. The minimum absolute atomic E-state index is 0.0115. The van der Waals surface area contributed by atoms with Gasteiger partial charge in [0.25, 0.3) is 5.69 Å². The van der Waals surface area contributed by atoms with Gasteiger partial charge in [0.05, 0.1) is 22.8 Å². The number of non-ortho nitro benzene ring substituents is 1. The fourth-order valence-corrected chi connectivity index (χ4v) is 3.08. The van der Waals surface area contributed by atoms with Gasteiger partial charge in [0.15, 0.2) is 0 Å². The summed E-state index contributed by atoms with van der Waals surface area (Å²) < 4.78 is 4.99. The minimum atomic E-state index is -0.527. The average Bonchev–Trinajstić information content (AvgIpc) is 2.86. The number of nitro groups is 1. The molecule has 12 heteroatoms. The second-order valence-corrected chi connectivity index (χ2v) is 7.44. The maximum absolute atomic E-state index is 10.9. The van der Waals surface area contributed by atoms with Crippen molar-refractivity contribution in [2.24, 2.45) is 20.5 Å². The third-order valence-electron chi connectivity index (χ3n) is 4.94. The van der Waals surface area contributed by atoms with Crippen LogP contribution in [0.4, 0.5) is 34.1 Å². The van der Waals surface area contributed by atoms with Crippen LogP contribution in [-0.2, 0) is 9.53 Å². The van der Waals surface area contributed by atoms with Crippen molar-refractivity contribution in [3.8, 4) is 11.5 Å². The van der Waals surface area contributed by atoms with E-state index in [1.807, 2.05) is 24.0 Å². The fourth-order valence-electron chi connectivity index (χ4n) is 3.08. The summed E-state index contributed by atoms with van der Waals surface area (Å²) in [7, 11) is 0. The lowest BCUT2D eigenvalue weighted by molar-refractivity contribution is -0.384. The van der Waals surface area contributed by atoms with Crippen LogP contribution in [0, 0.1) is 10.1 Å². The smallest absolute Gasteiger partial charge is 0.302 e. The lowest BCUT2D eigenvalue weighted by Crippen LogP contribution is -2.27. The molecule has 0 aromatic heterocycles. The van der Waals surface area contributed by atoms with E-state index in [1.54, 1.807) is 12.1 Å². The van der Waals surface area contributed by atoms with E-state index < -0.39 is 4.92 Å². The summed E-state index contributed by atoms with van der Waals surface area (Å²) in [6.45, 7) is 4.93. The number of nitro benzene ring substituents is 1. The second-order valence-electron chi connectivity index (χ2n) is 7.44. The Morgan fingerprint density at radius 3 is 1.86 bits per heavy atom. The monoisotopic (exact) mass is 492 g/mol. The van der Waals surface area contributed by atoms with Crippen molar-refractivity contribution in [2.45, 2.75) is 13.8 Å². The summed E-state index contributed by atoms with van der Waals surface area (Å²) in [5, 5.41) is 47.1. The molecule has 2 N–H and O–H groups in total. The van der Waals surface area contributed by atoms with Gasteiger partial charge in [-0.3, -0.25) is 14.9 Å². The summed E-state index contributed by atoms with van der Waals surface area (Å²) in [6, 6.07) is 15.0. The number of azo groups is 2. The number of phenols is 2. The summed E-state index contributed by atoms with van der Waals surface area (Å²) >= 11 is 0. The first-order valence-electron chi connectivity index (χ1n) is 10.9. The lowest BCUT2D eigenvalue weighted by atomic mass is 10.2. The van der Waals surface area contributed by atoms with E-state index in [4.69, 9.17) is 4.74 Å². The molecule has 0 fully saturated rings. The van der Waals surface area contributed by atoms with Crippen LogP contribution >= 0.6 is 0 Å². The predicted octanol–water partition coefficient (Wildman–Crippen LogP) is 6.23. The lowest BCUT2D eigenvalue weighted by Gasteiger charge is -2.22. The van der Waals surface area contributed by atoms with Gasteiger partial charge in [-0.15, -0.1) is 10.2 Å². The van der Waals surface area contributed by atoms with E-state index >= 15 is 0 Å². The third-order valence-corrected chi connectivity index (χ3v) is 4.94. The molecule has 0 heterocycles. The van der Waals surface area contributed by atoms with Crippen molar-refractivity contribution in [3.05, 3.63) is 70.8 Å². The van der Waals surface area contributed by atoms with Gasteiger partial charge in [0.2, 0.25) is 0 Å². The summed E-state index contributed by atoms with van der Waals surface area (Å²) in [4.78, 5) is 23.2. The molecule has 0 amide bonds. The Hall–Kier alpha value is -4.87. The number of esters is 1. The molecule has 0 saturated heterocycles. The van der Waals surface area contributed by atoms with Gasteiger partial charge >= 0.3 is 5.97 Å². The highest BCUT2D eigenvalue weighted by Crippen LogP contribution is 2.39. The number of rotatable bonds is 10. The number of carbonyl (C=O) groups is 1. The zero-order chi connectivity index (χ0) is 26.1. The number of hydrogen-bond donors (Lipinski definition) is 2. The first kappa shape index (κ1) is 25.7. The normalized spacial score (nSPS) is 11.2. The van der Waals surface area contributed by atoms with Crippen LogP contribution in [0.2, 0.25) is 0 Å². The first-order valence-corrected chi connectivity index (χ1v) is 10.9. The van der Waals surface area contributed by atoms with E-state index in [2.05, 4.69) is 20.5 Å². The zero-order valence-corrected chi connectivity index (χ0v) is 19.6. The molecule has 0 atom stereocenters.